The number of carbonyl (C=O) groups is 1. The topological polar surface area (TPSA) is 111 Å². The van der Waals surface area contributed by atoms with Crippen molar-refractivity contribution in [3.8, 4) is 5.75 Å². The molecule has 260 valence electrons. The fourth-order valence-corrected chi connectivity index (χ4v) is 12.2. The summed E-state index contributed by atoms with van der Waals surface area (Å²) < 4.78 is 14.4. The summed E-state index contributed by atoms with van der Waals surface area (Å²) in [6, 6.07) is 26.8. The van der Waals surface area contributed by atoms with Crippen molar-refractivity contribution in [1.82, 2.24) is 20.3 Å². The second-order valence-electron chi connectivity index (χ2n) is 14.3. The van der Waals surface area contributed by atoms with Crippen LogP contribution >= 0.6 is 0 Å². The summed E-state index contributed by atoms with van der Waals surface area (Å²) in [6.07, 6.45) is 6.69. The number of ether oxygens (including phenoxy) is 2. The van der Waals surface area contributed by atoms with Crippen LogP contribution in [0.25, 0.3) is 0 Å². The van der Waals surface area contributed by atoms with Gasteiger partial charge < -0.3 is 25.2 Å². The van der Waals surface area contributed by atoms with Crippen molar-refractivity contribution in [3.05, 3.63) is 102 Å². The van der Waals surface area contributed by atoms with Crippen molar-refractivity contribution in [2.45, 2.75) is 88.4 Å². The number of hydrogen-bond acceptors (Lipinski definition) is 7. The highest BCUT2D eigenvalue weighted by Gasteiger charge is 2.50. The number of aliphatic hydroxyl groups is 1. The lowest BCUT2D eigenvalue weighted by atomic mass is 9.95. The molecule has 1 amide bonds. The minimum Gasteiger partial charge on any atom is -0.497 e. The Morgan fingerprint density at radius 3 is 2.59 bits per heavy atom. The molecule has 2 fully saturated rings. The molecule has 1 aromatic heterocycles. The van der Waals surface area contributed by atoms with Crippen molar-refractivity contribution < 1.29 is 19.4 Å². The molecule has 49 heavy (non-hydrogen) atoms. The molecule has 3 N–H and O–H groups in total. The van der Waals surface area contributed by atoms with E-state index in [9.17, 15) is 9.90 Å². The van der Waals surface area contributed by atoms with Gasteiger partial charge in [0.15, 0.2) is 0 Å². The number of aliphatic hydroxyl groups excluding tert-OH is 1. The molecule has 9 nitrogen and oxygen atoms in total. The maximum absolute atomic E-state index is 12.7. The number of aromatic nitrogens is 3. The number of benzene rings is 3. The van der Waals surface area contributed by atoms with Gasteiger partial charge in [-0.3, -0.25) is 9.48 Å². The molecular formula is C39H51N5O4Si. The molecule has 4 aromatic rings. The van der Waals surface area contributed by atoms with Crippen LogP contribution in [0.4, 0.5) is 5.69 Å². The highest BCUT2D eigenvalue weighted by molar-refractivity contribution is 6.91. The molecular weight excluding hydrogens is 631 g/mol. The lowest BCUT2D eigenvalue weighted by molar-refractivity contribution is -0.117. The Morgan fingerprint density at radius 2 is 1.88 bits per heavy atom. The lowest BCUT2D eigenvalue weighted by Crippen LogP contribution is -2.50. The van der Waals surface area contributed by atoms with Gasteiger partial charge in [-0.1, -0.05) is 85.0 Å². The normalized spacial score (nSPS) is 23.0. The highest BCUT2D eigenvalue weighted by atomic mass is 28.3. The molecule has 2 aliphatic heterocycles. The minimum absolute atomic E-state index is 0.0234. The first-order valence-electron chi connectivity index (χ1n) is 17.8. The fourth-order valence-electron chi connectivity index (χ4n) is 8.06. The molecule has 1 unspecified atom stereocenters. The van der Waals surface area contributed by atoms with E-state index in [1.165, 1.54) is 10.8 Å². The van der Waals surface area contributed by atoms with Gasteiger partial charge in [-0.05, 0) is 85.5 Å². The highest BCUT2D eigenvalue weighted by Crippen LogP contribution is 2.46. The summed E-state index contributed by atoms with van der Waals surface area (Å²) in [5.41, 5.74) is 4.25. The fraction of sp³-hybridized carbons (Fsp3) is 0.462. The van der Waals surface area contributed by atoms with Gasteiger partial charge in [0, 0.05) is 18.4 Å². The van der Waals surface area contributed by atoms with Crippen LogP contribution in [0.5, 0.6) is 5.75 Å². The number of rotatable bonds is 14. The van der Waals surface area contributed by atoms with Crippen LogP contribution in [0.15, 0.2) is 85.1 Å². The number of methoxy groups -OCH3 is 1. The Hall–Kier alpha value is -3.83. The number of hydrogen-bond donors (Lipinski definition) is 3. The maximum atomic E-state index is 12.7. The SMILES string of the molecule is COc1ccc([Si](C)(C)[C@@H]2[C@@H](C)[C@@H](CCc3cccc(NC(=O)[C@H]4CCCN4)c3)O[C@H]2CCn2cc(C(CO)c3ccccc3)nn2)cc1. The van der Waals surface area contributed by atoms with E-state index < -0.39 is 8.07 Å². The van der Waals surface area contributed by atoms with Crippen molar-refractivity contribution >= 4 is 24.9 Å². The molecule has 0 bridgehead atoms. The van der Waals surface area contributed by atoms with Gasteiger partial charge in [-0.15, -0.1) is 5.10 Å². The van der Waals surface area contributed by atoms with Crippen molar-refractivity contribution in [3.63, 3.8) is 0 Å². The van der Waals surface area contributed by atoms with Gasteiger partial charge in [-0.2, -0.15) is 0 Å². The van der Waals surface area contributed by atoms with E-state index in [1.807, 2.05) is 53.3 Å². The number of amides is 1. The summed E-state index contributed by atoms with van der Waals surface area (Å²) in [4.78, 5) is 12.7. The van der Waals surface area contributed by atoms with E-state index in [4.69, 9.17) is 9.47 Å². The number of nitrogens with zero attached hydrogens (tertiary/aromatic N) is 3. The van der Waals surface area contributed by atoms with Gasteiger partial charge in [0.25, 0.3) is 0 Å². The van der Waals surface area contributed by atoms with Crippen molar-refractivity contribution in [2.75, 3.05) is 25.6 Å². The Balaban J connectivity index is 1.16. The number of nitrogens with one attached hydrogen (secondary N) is 2. The maximum Gasteiger partial charge on any atom is 0.241 e. The smallest absolute Gasteiger partial charge is 0.241 e. The molecule has 10 heteroatoms. The first kappa shape index (κ1) is 35.0. The molecule has 2 aliphatic rings. The van der Waals surface area contributed by atoms with E-state index in [2.05, 4.69) is 77.4 Å². The molecule has 6 atom stereocenters. The lowest BCUT2D eigenvalue weighted by Gasteiger charge is -2.36. The Morgan fingerprint density at radius 1 is 1.08 bits per heavy atom. The van der Waals surface area contributed by atoms with E-state index in [0.717, 1.165) is 61.3 Å². The van der Waals surface area contributed by atoms with E-state index in [0.29, 0.717) is 18.0 Å². The monoisotopic (exact) mass is 681 g/mol. The van der Waals surface area contributed by atoms with E-state index in [1.54, 1.807) is 7.11 Å². The molecule has 0 radical (unpaired) electrons. The largest absolute Gasteiger partial charge is 0.497 e. The minimum atomic E-state index is -2.01. The zero-order chi connectivity index (χ0) is 34.4. The van der Waals surface area contributed by atoms with Crippen molar-refractivity contribution in [1.29, 1.82) is 0 Å². The summed E-state index contributed by atoms with van der Waals surface area (Å²) >= 11 is 0. The van der Waals surface area contributed by atoms with Crippen molar-refractivity contribution in [2.24, 2.45) is 5.92 Å². The molecule has 6 rings (SSSR count). The zero-order valence-electron chi connectivity index (χ0n) is 29.2. The van der Waals surface area contributed by atoms with Crippen LogP contribution in [0.3, 0.4) is 0 Å². The molecule has 3 aromatic carbocycles. The van der Waals surface area contributed by atoms with Crippen LogP contribution in [0, 0.1) is 5.92 Å². The van der Waals surface area contributed by atoms with Crippen LogP contribution in [-0.4, -0.2) is 72.6 Å². The first-order chi connectivity index (χ1) is 23.8. The summed E-state index contributed by atoms with van der Waals surface area (Å²) in [6.45, 7) is 8.88. The van der Waals surface area contributed by atoms with Crippen LogP contribution in [0.2, 0.25) is 18.6 Å². The van der Waals surface area contributed by atoms with Gasteiger partial charge >= 0.3 is 0 Å². The Labute approximate surface area is 291 Å². The third-order valence-corrected chi connectivity index (χ3v) is 15.2. The van der Waals surface area contributed by atoms with E-state index in [-0.39, 0.29) is 36.7 Å². The third kappa shape index (κ3) is 8.15. The molecule has 0 aliphatic carbocycles. The Kier molecular flexibility index (Phi) is 11.3. The van der Waals surface area contributed by atoms with Gasteiger partial charge in [0.1, 0.15) is 5.75 Å². The predicted octanol–water partition coefficient (Wildman–Crippen LogP) is 5.51. The molecule has 0 spiro atoms. The zero-order valence-corrected chi connectivity index (χ0v) is 30.2. The summed E-state index contributed by atoms with van der Waals surface area (Å²) in [5.74, 6) is 1.08. The standard InChI is InChI=1S/C39H51N5O4Si/c1-27-36(20-15-28-10-8-13-30(24-28)41-39(46)34-14-9-22-40-34)48-37(38(27)49(3,4)32-18-16-31(47-2)17-19-32)21-23-44-25-35(42-43-44)33(26-45)29-11-6-5-7-12-29/h5-8,10-13,16-19,24-25,27,33-34,36-38,40,45H,9,14-15,20-23,26H2,1-4H3,(H,41,46)/t27-,33?,34+,36+,37-,38+/m0/s1. The second kappa shape index (κ2) is 15.8. The number of anilines is 1. The molecule has 2 saturated heterocycles. The Bertz CT molecular complexity index is 1660. The average molecular weight is 682 g/mol. The molecule has 3 heterocycles. The first-order valence-corrected chi connectivity index (χ1v) is 20.8. The van der Waals surface area contributed by atoms with Crippen LogP contribution in [0.1, 0.15) is 55.3 Å². The third-order valence-electron chi connectivity index (χ3n) is 10.8. The average Bonchev–Trinajstić information content (AvgIpc) is 3.89. The van der Waals surface area contributed by atoms with Gasteiger partial charge in [0.05, 0.1) is 51.7 Å². The van der Waals surface area contributed by atoms with Crippen LogP contribution in [-0.2, 0) is 22.5 Å². The number of carbonyl (C=O) groups excluding carboxylic acids is 1. The van der Waals surface area contributed by atoms with Gasteiger partial charge in [-0.25, -0.2) is 0 Å². The predicted molar refractivity (Wildman–Crippen MR) is 196 cm³/mol. The second-order valence-corrected chi connectivity index (χ2v) is 19.0. The number of aryl methyl sites for hydroxylation is 2. The quantitative estimate of drug-likeness (QED) is 0.151. The van der Waals surface area contributed by atoms with Gasteiger partial charge in [0.2, 0.25) is 5.91 Å². The summed E-state index contributed by atoms with van der Waals surface area (Å²) in [5, 5.41) is 26.9. The van der Waals surface area contributed by atoms with E-state index >= 15 is 0 Å². The van der Waals surface area contributed by atoms with Crippen LogP contribution < -0.4 is 20.6 Å². The summed E-state index contributed by atoms with van der Waals surface area (Å²) in [7, 11) is -0.304. The molecule has 0 saturated carbocycles.